The molecule has 0 unspecified atom stereocenters. The van der Waals surface area contributed by atoms with Crippen molar-refractivity contribution >= 4 is 11.8 Å². The molecule has 1 nitrogen and oxygen atoms in total. The van der Waals surface area contributed by atoms with Crippen LogP contribution in [0, 0.1) is 0 Å². The molecule has 0 aromatic heterocycles. The summed E-state index contributed by atoms with van der Waals surface area (Å²) in [6, 6.07) is 19.2. The van der Waals surface area contributed by atoms with Crippen molar-refractivity contribution in [3.8, 4) is 5.75 Å². The van der Waals surface area contributed by atoms with E-state index < -0.39 is 0 Å². The number of ether oxygens (including phenoxy) is 1. The van der Waals surface area contributed by atoms with Crippen LogP contribution in [0.25, 0.3) is 0 Å². The van der Waals surface area contributed by atoms with Gasteiger partial charge in [0.15, 0.2) is 0 Å². The van der Waals surface area contributed by atoms with Gasteiger partial charge in [0.1, 0.15) is 5.75 Å². The molecule has 0 spiro atoms. The van der Waals surface area contributed by atoms with Gasteiger partial charge in [-0.3, -0.25) is 0 Å². The molecule has 2 aromatic carbocycles. The molecule has 0 bridgehead atoms. The van der Waals surface area contributed by atoms with Crippen LogP contribution in [0.1, 0.15) is 32.3 Å². The molecule has 0 fully saturated rings. The minimum absolute atomic E-state index is 0.133. The van der Waals surface area contributed by atoms with E-state index in [1.807, 2.05) is 11.8 Å². The van der Waals surface area contributed by atoms with E-state index in [2.05, 4.69) is 68.4 Å². The average Bonchev–Trinajstić information content (AvgIpc) is 2.54. The summed E-state index contributed by atoms with van der Waals surface area (Å²) in [5.74, 6) is 0.916. The quantitative estimate of drug-likeness (QED) is 0.648. The molecule has 2 rings (SSSR count). The van der Waals surface area contributed by atoms with E-state index in [0.717, 1.165) is 18.6 Å². The molecule has 0 aliphatic heterocycles. The average molecular weight is 286 g/mol. The van der Waals surface area contributed by atoms with E-state index >= 15 is 0 Å². The zero-order chi connectivity index (χ0) is 14.4. The van der Waals surface area contributed by atoms with Gasteiger partial charge in [-0.1, -0.05) is 44.2 Å². The van der Waals surface area contributed by atoms with E-state index in [1.165, 1.54) is 10.5 Å². The Bertz CT molecular complexity index is 515. The molecule has 2 heteroatoms. The highest BCUT2D eigenvalue weighted by Crippen LogP contribution is 2.46. The second-order valence-electron chi connectivity index (χ2n) is 4.85. The highest BCUT2D eigenvalue weighted by atomic mass is 32.2. The monoisotopic (exact) mass is 286 g/mol. The number of rotatable bonds is 6. The van der Waals surface area contributed by atoms with Crippen LogP contribution < -0.4 is 4.74 Å². The highest BCUT2D eigenvalue weighted by molar-refractivity contribution is 8.00. The summed E-state index contributed by atoms with van der Waals surface area (Å²) < 4.78 is 5.39. The maximum absolute atomic E-state index is 5.26. The zero-order valence-electron chi connectivity index (χ0n) is 12.4. The minimum atomic E-state index is 0.133. The van der Waals surface area contributed by atoms with Crippen LogP contribution in [0.5, 0.6) is 5.75 Å². The molecule has 0 saturated heterocycles. The lowest BCUT2D eigenvalue weighted by Gasteiger charge is -2.32. The third-order valence-corrected chi connectivity index (χ3v) is 5.53. The van der Waals surface area contributed by atoms with Crippen molar-refractivity contribution in [1.82, 2.24) is 0 Å². The molecule has 2 aromatic rings. The van der Waals surface area contributed by atoms with Crippen LogP contribution in [0.4, 0.5) is 0 Å². The molecule has 0 N–H and O–H groups in total. The Hall–Kier alpha value is -1.41. The maximum Gasteiger partial charge on any atom is 0.118 e. The van der Waals surface area contributed by atoms with E-state index in [-0.39, 0.29) is 4.75 Å². The predicted molar refractivity (Wildman–Crippen MR) is 87.6 cm³/mol. The van der Waals surface area contributed by atoms with Gasteiger partial charge in [0.05, 0.1) is 7.11 Å². The Labute approximate surface area is 126 Å². The smallest absolute Gasteiger partial charge is 0.118 e. The van der Waals surface area contributed by atoms with Gasteiger partial charge >= 0.3 is 0 Å². The third kappa shape index (κ3) is 3.18. The van der Waals surface area contributed by atoms with Crippen molar-refractivity contribution in [2.45, 2.75) is 36.3 Å². The molecule has 0 aliphatic carbocycles. The van der Waals surface area contributed by atoms with Crippen LogP contribution in [0.15, 0.2) is 59.5 Å². The van der Waals surface area contributed by atoms with Gasteiger partial charge in [0.2, 0.25) is 0 Å². The number of methoxy groups -OCH3 is 1. The number of thioether (sulfide) groups is 1. The fourth-order valence-electron chi connectivity index (χ4n) is 2.47. The summed E-state index contributed by atoms with van der Waals surface area (Å²) in [4.78, 5) is 1.33. The minimum Gasteiger partial charge on any atom is -0.497 e. The Morgan fingerprint density at radius 3 is 2.00 bits per heavy atom. The molecule has 0 heterocycles. The topological polar surface area (TPSA) is 9.23 Å². The first-order chi connectivity index (χ1) is 9.74. The summed E-state index contributed by atoms with van der Waals surface area (Å²) in [6.45, 7) is 4.54. The number of hydrogen-bond donors (Lipinski definition) is 0. The number of benzene rings is 2. The molecular weight excluding hydrogens is 264 g/mol. The van der Waals surface area contributed by atoms with E-state index in [9.17, 15) is 0 Å². The SMILES string of the molecule is CCC(CC)(Sc1ccccc1)c1ccc(OC)cc1. The second-order valence-corrected chi connectivity index (χ2v) is 6.30. The summed E-state index contributed by atoms with van der Waals surface area (Å²) in [5.41, 5.74) is 1.37. The van der Waals surface area contributed by atoms with Crippen molar-refractivity contribution in [2.24, 2.45) is 0 Å². The molecule has 0 saturated carbocycles. The standard InChI is InChI=1S/C18H22OS/c1-4-18(5-2,20-17-9-7-6-8-10-17)15-11-13-16(19-3)14-12-15/h6-14H,4-5H2,1-3H3. The van der Waals surface area contributed by atoms with E-state index in [1.54, 1.807) is 7.11 Å². The molecule has 0 atom stereocenters. The second kappa shape index (κ2) is 6.85. The van der Waals surface area contributed by atoms with E-state index in [0.29, 0.717) is 0 Å². The van der Waals surface area contributed by atoms with Gasteiger partial charge < -0.3 is 4.74 Å². The normalized spacial score (nSPS) is 11.3. The summed E-state index contributed by atoms with van der Waals surface area (Å²) in [6.07, 6.45) is 2.21. The van der Waals surface area contributed by atoms with Gasteiger partial charge in [-0.05, 0) is 42.7 Å². The number of hydrogen-bond acceptors (Lipinski definition) is 2. The van der Waals surface area contributed by atoms with E-state index in [4.69, 9.17) is 4.74 Å². The molecule has 0 amide bonds. The molecular formula is C18H22OS. The van der Waals surface area contributed by atoms with Crippen molar-refractivity contribution in [3.05, 3.63) is 60.2 Å². The van der Waals surface area contributed by atoms with Crippen LogP contribution in [0.2, 0.25) is 0 Å². The van der Waals surface area contributed by atoms with Gasteiger partial charge in [-0.15, -0.1) is 11.8 Å². The summed E-state index contributed by atoms with van der Waals surface area (Å²) in [7, 11) is 1.71. The molecule has 106 valence electrons. The summed E-state index contributed by atoms with van der Waals surface area (Å²) in [5, 5.41) is 0. The van der Waals surface area contributed by atoms with Crippen molar-refractivity contribution in [1.29, 1.82) is 0 Å². The first-order valence-corrected chi connectivity index (χ1v) is 7.94. The van der Waals surface area contributed by atoms with Gasteiger partial charge in [-0.25, -0.2) is 0 Å². The lowest BCUT2D eigenvalue weighted by molar-refractivity contribution is 0.414. The molecule has 0 radical (unpaired) electrons. The maximum atomic E-state index is 5.26. The van der Waals surface area contributed by atoms with Crippen LogP contribution in [0.3, 0.4) is 0 Å². The Kier molecular flexibility index (Phi) is 5.13. The molecule has 0 aliphatic rings. The lowest BCUT2D eigenvalue weighted by Crippen LogP contribution is -2.19. The van der Waals surface area contributed by atoms with Crippen LogP contribution in [-0.4, -0.2) is 7.11 Å². The predicted octanol–water partition coefficient (Wildman–Crippen LogP) is 5.50. The van der Waals surface area contributed by atoms with Crippen LogP contribution in [-0.2, 0) is 4.75 Å². The fraction of sp³-hybridized carbons (Fsp3) is 0.333. The van der Waals surface area contributed by atoms with Gasteiger partial charge in [0.25, 0.3) is 0 Å². The van der Waals surface area contributed by atoms with Crippen molar-refractivity contribution in [3.63, 3.8) is 0 Å². The Morgan fingerprint density at radius 1 is 0.900 bits per heavy atom. The largest absolute Gasteiger partial charge is 0.497 e. The Balaban J connectivity index is 2.32. The van der Waals surface area contributed by atoms with Crippen LogP contribution >= 0.6 is 11.8 Å². The lowest BCUT2D eigenvalue weighted by atomic mass is 9.93. The summed E-state index contributed by atoms with van der Waals surface area (Å²) >= 11 is 1.96. The first-order valence-electron chi connectivity index (χ1n) is 7.12. The first kappa shape index (κ1) is 15.0. The fourth-order valence-corrected chi connectivity index (χ4v) is 3.76. The highest BCUT2D eigenvalue weighted by Gasteiger charge is 2.29. The zero-order valence-corrected chi connectivity index (χ0v) is 13.2. The van der Waals surface area contributed by atoms with Gasteiger partial charge in [-0.2, -0.15) is 0 Å². The van der Waals surface area contributed by atoms with Crippen molar-refractivity contribution < 1.29 is 4.74 Å². The third-order valence-electron chi connectivity index (χ3n) is 3.81. The molecule has 20 heavy (non-hydrogen) atoms. The van der Waals surface area contributed by atoms with Crippen molar-refractivity contribution in [2.75, 3.05) is 7.11 Å². The Morgan fingerprint density at radius 2 is 1.50 bits per heavy atom. The van der Waals surface area contributed by atoms with Gasteiger partial charge in [0, 0.05) is 9.64 Å².